The van der Waals surface area contributed by atoms with Crippen LogP contribution in [0.15, 0.2) is 81.5 Å². The van der Waals surface area contributed by atoms with Gasteiger partial charge >= 0.3 is 0 Å². The summed E-state index contributed by atoms with van der Waals surface area (Å²) in [6.45, 7) is 7.67. The van der Waals surface area contributed by atoms with Crippen molar-refractivity contribution in [3.8, 4) is 22.4 Å². The number of halogens is 2. The molecule has 0 saturated carbocycles. The van der Waals surface area contributed by atoms with Crippen LogP contribution in [0.2, 0.25) is 0 Å². The molecule has 0 spiro atoms. The topological polar surface area (TPSA) is 43.4 Å². The fraction of sp³-hybridized carbons (Fsp3) is 0.107. The van der Waals surface area contributed by atoms with E-state index in [1.807, 2.05) is 30.3 Å². The Kier molecular flexibility index (Phi) is 5.60. The predicted molar refractivity (Wildman–Crippen MR) is 146 cm³/mol. The van der Waals surface area contributed by atoms with Gasteiger partial charge in [0.1, 0.15) is 5.82 Å². The maximum atomic E-state index is 14.6. The Bertz CT molecular complexity index is 1830. The number of hydrogen-bond acceptors (Lipinski definition) is 3. The first-order valence-corrected chi connectivity index (χ1v) is 14.4. The van der Waals surface area contributed by atoms with Crippen LogP contribution >= 0.6 is 27.3 Å². The molecule has 8 heteroatoms. The van der Waals surface area contributed by atoms with E-state index in [1.165, 1.54) is 39.1 Å². The number of benzene rings is 3. The molecule has 0 fully saturated rings. The Balaban J connectivity index is 1.77. The summed E-state index contributed by atoms with van der Waals surface area (Å²) in [5.41, 5.74) is 4.76. The molecule has 0 unspecified atom stereocenters. The van der Waals surface area contributed by atoms with E-state index in [0.717, 1.165) is 29.3 Å². The number of hydrogen-bond donors (Lipinski definition) is 0. The third-order valence-corrected chi connectivity index (χ3v) is 9.62. The van der Waals surface area contributed by atoms with E-state index < -0.39 is 15.8 Å². The summed E-state index contributed by atoms with van der Waals surface area (Å²) in [6, 6.07) is 18.6. The number of fused-ring (bicyclic) bond motifs is 2. The largest absolute Gasteiger partial charge is 0.268 e. The number of rotatable bonds is 4. The van der Waals surface area contributed by atoms with Gasteiger partial charge in [0.25, 0.3) is 10.0 Å². The van der Waals surface area contributed by atoms with E-state index in [1.54, 1.807) is 23.6 Å². The molecule has 1 aliphatic carbocycles. The molecule has 4 nitrogen and oxygen atoms in total. The zero-order valence-corrected chi connectivity index (χ0v) is 22.1. The minimum Gasteiger partial charge on any atom is -0.233 e. The quantitative estimate of drug-likeness (QED) is 0.202. The zero-order valence-electron chi connectivity index (χ0n) is 18.8. The van der Waals surface area contributed by atoms with Crippen LogP contribution in [0.5, 0.6) is 0 Å². The fourth-order valence-corrected chi connectivity index (χ4v) is 7.73. The standard InChI is InChI=1S/C28H18BrFN2O2S2/c1-31-28-23(12-13-35-28)26-24-16-21(30)9-11-25(24)32(27(26)19-6-3-7-20(29)14-19)36(33,34)22-10-8-17-4-2-5-18(17)15-22/h3,6-16H,2,4-5H2. The Hall–Kier alpha value is -3.25. The van der Waals surface area contributed by atoms with Crippen molar-refractivity contribution in [1.29, 1.82) is 0 Å². The number of aryl methyl sites for hydroxylation is 2. The Morgan fingerprint density at radius 2 is 1.83 bits per heavy atom. The van der Waals surface area contributed by atoms with E-state index in [0.29, 0.717) is 38.3 Å². The van der Waals surface area contributed by atoms with E-state index in [-0.39, 0.29) is 4.90 Å². The molecule has 0 amide bonds. The average molecular weight is 578 g/mol. The van der Waals surface area contributed by atoms with Crippen molar-refractivity contribution in [3.63, 3.8) is 0 Å². The highest BCUT2D eigenvalue weighted by atomic mass is 79.9. The van der Waals surface area contributed by atoms with Gasteiger partial charge in [-0.25, -0.2) is 21.6 Å². The van der Waals surface area contributed by atoms with Crippen molar-refractivity contribution in [3.05, 3.63) is 105 Å². The molecule has 6 rings (SSSR count). The highest BCUT2D eigenvalue weighted by Gasteiger charge is 2.30. The van der Waals surface area contributed by atoms with Crippen molar-refractivity contribution < 1.29 is 12.8 Å². The summed E-state index contributed by atoms with van der Waals surface area (Å²) in [4.78, 5) is 3.86. The number of aromatic nitrogens is 1. The van der Waals surface area contributed by atoms with Crippen LogP contribution in [0.3, 0.4) is 0 Å². The summed E-state index contributed by atoms with van der Waals surface area (Å²) in [5.74, 6) is -0.476. The smallest absolute Gasteiger partial charge is 0.233 e. The lowest BCUT2D eigenvalue weighted by Gasteiger charge is -2.15. The average Bonchev–Trinajstić information content (AvgIpc) is 3.59. The third-order valence-electron chi connectivity index (χ3n) is 6.61. The van der Waals surface area contributed by atoms with Gasteiger partial charge in [0.05, 0.1) is 22.7 Å². The number of thiophene rings is 1. The lowest BCUT2D eigenvalue weighted by atomic mass is 10.00. The molecule has 3 aromatic carbocycles. The SMILES string of the molecule is [C-]#[N+]c1sccc1-c1c(-c2cccc(Br)c2)n(S(=O)(=O)c2ccc3c(c2)CCC3)c2ccc(F)cc12. The van der Waals surface area contributed by atoms with E-state index in [4.69, 9.17) is 6.57 Å². The van der Waals surface area contributed by atoms with E-state index in [9.17, 15) is 12.8 Å². The van der Waals surface area contributed by atoms with Gasteiger partial charge in [-0.1, -0.05) is 40.2 Å². The lowest BCUT2D eigenvalue weighted by molar-refractivity contribution is 0.589. The zero-order chi connectivity index (χ0) is 25.0. The first kappa shape index (κ1) is 23.2. The van der Waals surface area contributed by atoms with Gasteiger partial charge in [0, 0.05) is 26.5 Å². The molecule has 5 aromatic rings. The van der Waals surface area contributed by atoms with Gasteiger partial charge in [0.2, 0.25) is 5.00 Å². The monoisotopic (exact) mass is 576 g/mol. The normalized spacial score (nSPS) is 13.1. The Morgan fingerprint density at radius 3 is 2.64 bits per heavy atom. The molecule has 0 radical (unpaired) electrons. The van der Waals surface area contributed by atoms with Crippen LogP contribution in [0, 0.1) is 12.4 Å². The van der Waals surface area contributed by atoms with Crippen LogP contribution < -0.4 is 0 Å². The highest BCUT2D eigenvalue weighted by Crippen LogP contribution is 2.48. The maximum Gasteiger partial charge on any atom is 0.268 e. The summed E-state index contributed by atoms with van der Waals surface area (Å²) in [6.07, 6.45) is 2.81. The molecule has 1 aliphatic rings. The fourth-order valence-electron chi connectivity index (χ4n) is 5.05. The first-order chi connectivity index (χ1) is 17.4. The molecule has 0 bridgehead atoms. The minimum absolute atomic E-state index is 0.197. The Morgan fingerprint density at radius 1 is 1.00 bits per heavy atom. The van der Waals surface area contributed by atoms with Gasteiger partial charge < -0.3 is 0 Å². The molecule has 0 N–H and O–H groups in total. The van der Waals surface area contributed by atoms with Gasteiger partial charge in [-0.15, -0.1) is 0 Å². The molecule has 2 heterocycles. The van der Waals surface area contributed by atoms with Gasteiger partial charge in [-0.3, -0.25) is 0 Å². The van der Waals surface area contributed by atoms with Gasteiger partial charge in [0.15, 0.2) is 0 Å². The van der Waals surface area contributed by atoms with Crippen molar-refractivity contribution in [2.75, 3.05) is 0 Å². The van der Waals surface area contributed by atoms with Crippen LogP contribution in [0.4, 0.5) is 9.39 Å². The van der Waals surface area contributed by atoms with E-state index in [2.05, 4.69) is 20.8 Å². The first-order valence-electron chi connectivity index (χ1n) is 11.3. The second kappa shape index (κ2) is 8.70. The summed E-state index contributed by atoms with van der Waals surface area (Å²) >= 11 is 4.78. The van der Waals surface area contributed by atoms with Crippen molar-refractivity contribution in [1.82, 2.24) is 3.97 Å². The molecule has 0 saturated heterocycles. The molecular formula is C28H18BrFN2O2S2. The van der Waals surface area contributed by atoms with E-state index >= 15 is 0 Å². The van der Waals surface area contributed by atoms with Crippen LogP contribution in [-0.4, -0.2) is 12.4 Å². The van der Waals surface area contributed by atoms with Crippen LogP contribution in [-0.2, 0) is 22.9 Å². The van der Waals surface area contributed by atoms with Gasteiger partial charge in [-0.05, 0) is 78.2 Å². The summed E-state index contributed by atoms with van der Waals surface area (Å²) in [7, 11) is -4.08. The second-order valence-electron chi connectivity index (χ2n) is 8.70. The van der Waals surface area contributed by atoms with Crippen LogP contribution in [0.1, 0.15) is 17.5 Å². The molecule has 0 aliphatic heterocycles. The number of nitrogens with zero attached hydrogens (tertiary/aromatic N) is 2. The minimum atomic E-state index is -4.08. The molecule has 36 heavy (non-hydrogen) atoms. The van der Waals surface area contributed by atoms with Gasteiger partial charge in [-0.2, -0.15) is 11.3 Å². The second-order valence-corrected chi connectivity index (χ2v) is 12.3. The summed E-state index contributed by atoms with van der Waals surface area (Å²) in [5, 5.41) is 2.66. The maximum absolute atomic E-state index is 14.6. The third kappa shape index (κ3) is 3.62. The van der Waals surface area contributed by atoms with Crippen molar-refractivity contribution in [2.45, 2.75) is 24.2 Å². The molecule has 0 atom stereocenters. The Labute approximate surface area is 220 Å². The lowest BCUT2D eigenvalue weighted by Crippen LogP contribution is -2.14. The van der Waals surface area contributed by atoms with Crippen molar-refractivity contribution in [2.24, 2.45) is 0 Å². The van der Waals surface area contributed by atoms with Crippen molar-refractivity contribution >= 4 is 53.2 Å². The molecule has 178 valence electrons. The highest BCUT2D eigenvalue weighted by molar-refractivity contribution is 9.10. The molecule has 2 aromatic heterocycles. The van der Waals surface area contributed by atoms with Crippen LogP contribution in [0.25, 0.3) is 38.1 Å². The predicted octanol–water partition coefficient (Wildman–Crippen LogP) is 8.21. The molecular weight excluding hydrogens is 559 g/mol. The summed E-state index contributed by atoms with van der Waals surface area (Å²) < 4.78 is 45.4.